The van der Waals surface area contributed by atoms with E-state index in [4.69, 9.17) is 9.47 Å². The summed E-state index contributed by atoms with van der Waals surface area (Å²) in [6.07, 6.45) is 8.85. The molecule has 36 heavy (non-hydrogen) atoms. The molecular weight excluding hydrogens is 472 g/mol. The van der Waals surface area contributed by atoms with Crippen LogP contribution in [0.1, 0.15) is 50.3 Å². The van der Waals surface area contributed by atoms with Crippen molar-refractivity contribution in [1.82, 2.24) is 4.57 Å². The fourth-order valence-electron chi connectivity index (χ4n) is 4.12. The number of esters is 1. The molecule has 2 heterocycles. The van der Waals surface area contributed by atoms with Gasteiger partial charge in [-0.3, -0.25) is 9.36 Å². The van der Waals surface area contributed by atoms with Crippen molar-refractivity contribution < 1.29 is 14.3 Å². The highest BCUT2D eigenvalue weighted by Gasteiger charge is 2.33. The van der Waals surface area contributed by atoms with Crippen LogP contribution >= 0.6 is 11.3 Å². The average molecular weight is 503 g/mol. The second-order valence-corrected chi connectivity index (χ2v) is 9.50. The molecule has 0 spiro atoms. The molecule has 0 fully saturated rings. The van der Waals surface area contributed by atoms with Crippen molar-refractivity contribution in [2.75, 3.05) is 13.7 Å². The lowest BCUT2D eigenvalue weighted by molar-refractivity contribution is -0.136. The summed E-state index contributed by atoms with van der Waals surface area (Å²) in [6.45, 7) is 4.59. The van der Waals surface area contributed by atoms with Gasteiger partial charge in [-0.2, -0.15) is 0 Å². The summed E-state index contributed by atoms with van der Waals surface area (Å²) in [7, 11) is 1.34. The van der Waals surface area contributed by atoms with E-state index in [1.807, 2.05) is 66.7 Å². The standard InChI is InChI=1S/C29H30N2O4S/c1-4-5-9-19-35-23-17-15-22(16-18-23)26-25(28(33)34-3)20(2)30-29-31(26)27(32)24(36-29)14-10-13-21-11-7-6-8-12-21/h6-8,10-18,26H,4-5,9,19H2,1-3H3/b13-10+,24-14-. The van der Waals surface area contributed by atoms with Crippen LogP contribution in [0.5, 0.6) is 5.75 Å². The van der Waals surface area contributed by atoms with Gasteiger partial charge in [0.2, 0.25) is 0 Å². The van der Waals surface area contributed by atoms with Gasteiger partial charge in [0.25, 0.3) is 5.56 Å². The Balaban J connectivity index is 1.73. The Morgan fingerprint density at radius 2 is 1.86 bits per heavy atom. The quantitative estimate of drug-likeness (QED) is 0.316. The van der Waals surface area contributed by atoms with Gasteiger partial charge in [0.15, 0.2) is 4.80 Å². The predicted molar refractivity (Wildman–Crippen MR) is 144 cm³/mol. The Bertz CT molecular complexity index is 1450. The number of thiazole rings is 1. The molecule has 1 atom stereocenters. The number of nitrogens with zero attached hydrogens (tertiary/aromatic N) is 2. The molecule has 0 aliphatic carbocycles. The van der Waals surface area contributed by atoms with Gasteiger partial charge < -0.3 is 9.47 Å². The zero-order valence-corrected chi connectivity index (χ0v) is 21.6. The summed E-state index contributed by atoms with van der Waals surface area (Å²) in [5.74, 6) is 0.257. The van der Waals surface area contributed by atoms with Crippen molar-refractivity contribution in [2.24, 2.45) is 4.99 Å². The van der Waals surface area contributed by atoms with Crippen LogP contribution < -0.4 is 19.6 Å². The highest BCUT2D eigenvalue weighted by atomic mass is 32.1. The first-order chi connectivity index (χ1) is 17.5. The van der Waals surface area contributed by atoms with Gasteiger partial charge in [-0.25, -0.2) is 9.79 Å². The molecule has 0 bridgehead atoms. The van der Waals surface area contributed by atoms with Crippen LogP contribution in [0.4, 0.5) is 0 Å². The largest absolute Gasteiger partial charge is 0.494 e. The minimum absolute atomic E-state index is 0.199. The fourth-order valence-corrected chi connectivity index (χ4v) is 5.12. The van der Waals surface area contributed by atoms with E-state index in [1.165, 1.54) is 18.4 Å². The molecule has 1 aliphatic heterocycles. The molecule has 4 rings (SSSR count). The molecule has 0 N–H and O–H groups in total. The van der Waals surface area contributed by atoms with E-state index >= 15 is 0 Å². The van der Waals surface area contributed by atoms with E-state index < -0.39 is 12.0 Å². The molecule has 1 aromatic heterocycles. The first-order valence-electron chi connectivity index (χ1n) is 12.1. The third kappa shape index (κ3) is 5.57. The lowest BCUT2D eigenvalue weighted by atomic mass is 9.96. The van der Waals surface area contributed by atoms with Crippen LogP contribution in [-0.2, 0) is 9.53 Å². The average Bonchev–Trinajstić information content (AvgIpc) is 3.21. The number of hydrogen-bond donors (Lipinski definition) is 0. The lowest BCUT2D eigenvalue weighted by Crippen LogP contribution is -2.39. The van der Waals surface area contributed by atoms with E-state index in [-0.39, 0.29) is 5.56 Å². The molecule has 7 heteroatoms. The lowest BCUT2D eigenvalue weighted by Gasteiger charge is -2.24. The summed E-state index contributed by atoms with van der Waals surface area (Å²) >= 11 is 1.31. The number of carbonyl (C=O) groups is 1. The molecule has 0 saturated heterocycles. The summed E-state index contributed by atoms with van der Waals surface area (Å²) < 4.78 is 13.0. The van der Waals surface area contributed by atoms with Crippen molar-refractivity contribution in [1.29, 1.82) is 0 Å². The van der Waals surface area contributed by atoms with Crippen molar-refractivity contribution in [2.45, 2.75) is 39.2 Å². The van der Waals surface area contributed by atoms with Crippen LogP contribution in [0.15, 0.2) is 81.7 Å². The van der Waals surface area contributed by atoms with Gasteiger partial charge in [0.05, 0.1) is 35.6 Å². The van der Waals surface area contributed by atoms with Crippen LogP contribution in [0, 0.1) is 0 Å². The van der Waals surface area contributed by atoms with Gasteiger partial charge in [-0.05, 0) is 42.7 Å². The molecule has 1 aliphatic rings. The number of allylic oxidation sites excluding steroid dienone is 2. The number of fused-ring (bicyclic) bond motifs is 1. The van der Waals surface area contributed by atoms with Crippen LogP contribution in [0.3, 0.4) is 0 Å². The molecule has 1 unspecified atom stereocenters. The first kappa shape index (κ1) is 25.4. The predicted octanol–water partition coefficient (Wildman–Crippen LogP) is 4.64. The number of ether oxygens (including phenoxy) is 2. The van der Waals surface area contributed by atoms with Gasteiger partial charge in [0, 0.05) is 0 Å². The van der Waals surface area contributed by atoms with E-state index in [0.29, 0.717) is 27.2 Å². The number of benzene rings is 2. The Hall–Kier alpha value is -3.71. The molecule has 0 amide bonds. The van der Waals surface area contributed by atoms with Gasteiger partial charge in [0.1, 0.15) is 5.75 Å². The number of rotatable bonds is 9. The topological polar surface area (TPSA) is 69.9 Å². The Kier molecular flexibility index (Phi) is 8.33. The Labute approximate surface area is 214 Å². The second kappa shape index (κ2) is 11.8. The summed E-state index contributed by atoms with van der Waals surface area (Å²) in [5, 5.41) is 0. The molecule has 0 saturated carbocycles. The van der Waals surface area contributed by atoms with Gasteiger partial charge >= 0.3 is 5.97 Å². The maximum atomic E-state index is 13.5. The number of methoxy groups -OCH3 is 1. The molecule has 3 aromatic rings. The highest BCUT2D eigenvalue weighted by molar-refractivity contribution is 7.07. The number of aromatic nitrogens is 1. The Morgan fingerprint density at radius 1 is 1.11 bits per heavy atom. The maximum absolute atomic E-state index is 13.5. The second-order valence-electron chi connectivity index (χ2n) is 8.49. The van der Waals surface area contributed by atoms with E-state index in [1.54, 1.807) is 17.6 Å². The van der Waals surface area contributed by atoms with E-state index in [2.05, 4.69) is 11.9 Å². The summed E-state index contributed by atoms with van der Waals surface area (Å²) in [6, 6.07) is 16.8. The number of carbonyl (C=O) groups excluding carboxylic acids is 1. The van der Waals surface area contributed by atoms with E-state index in [9.17, 15) is 9.59 Å². The highest BCUT2D eigenvalue weighted by Crippen LogP contribution is 2.31. The normalized spacial score (nSPS) is 15.6. The molecule has 186 valence electrons. The third-order valence-corrected chi connectivity index (χ3v) is 6.98. The van der Waals surface area contributed by atoms with Crippen LogP contribution in [-0.4, -0.2) is 24.3 Å². The summed E-state index contributed by atoms with van der Waals surface area (Å²) in [4.78, 5) is 31.5. The van der Waals surface area contributed by atoms with Crippen LogP contribution in [0.25, 0.3) is 12.2 Å². The maximum Gasteiger partial charge on any atom is 0.338 e. The van der Waals surface area contributed by atoms with Crippen molar-refractivity contribution in [3.63, 3.8) is 0 Å². The van der Waals surface area contributed by atoms with Gasteiger partial charge in [-0.15, -0.1) is 0 Å². The van der Waals surface area contributed by atoms with Crippen molar-refractivity contribution in [3.8, 4) is 5.75 Å². The van der Waals surface area contributed by atoms with E-state index in [0.717, 1.165) is 36.1 Å². The van der Waals surface area contributed by atoms with Crippen LogP contribution in [0.2, 0.25) is 0 Å². The molecule has 6 nitrogen and oxygen atoms in total. The molecular formula is C29H30N2O4S. The minimum Gasteiger partial charge on any atom is -0.494 e. The minimum atomic E-state index is -0.636. The van der Waals surface area contributed by atoms with Crippen molar-refractivity contribution >= 4 is 29.5 Å². The molecule has 0 radical (unpaired) electrons. The Morgan fingerprint density at radius 3 is 2.56 bits per heavy atom. The van der Waals surface area contributed by atoms with Gasteiger partial charge in [-0.1, -0.05) is 85.7 Å². The molecule has 2 aromatic carbocycles. The van der Waals surface area contributed by atoms with Crippen molar-refractivity contribution in [3.05, 3.63) is 103 Å². The third-order valence-electron chi connectivity index (χ3n) is 5.98. The smallest absolute Gasteiger partial charge is 0.338 e. The number of hydrogen-bond acceptors (Lipinski definition) is 6. The number of unbranched alkanes of at least 4 members (excludes halogenated alkanes) is 2. The zero-order chi connectivity index (χ0) is 25.5. The monoisotopic (exact) mass is 502 g/mol. The first-order valence-corrected chi connectivity index (χ1v) is 12.9. The SMILES string of the molecule is CCCCCOc1ccc(C2C(C(=O)OC)=C(C)N=c3s/c(=C\C=C\c4ccccc4)c(=O)n32)cc1. The zero-order valence-electron chi connectivity index (χ0n) is 20.8. The fraction of sp³-hybridized carbons (Fsp3) is 0.276. The summed E-state index contributed by atoms with van der Waals surface area (Å²) in [5.41, 5.74) is 2.53.